The number of fused-ring (bicyclic) bond motifs is 1. The third kappa shape index (κ3) is 1.74. The summed E-state index contributed by atoms with van der Waals surface area (Å²) >= 11 is 0. The van der Waals surface area contributed by atoms with Gasteiger partial charge in [0.25, 0.3) is 0 Å². The molecule has 2 N–H and O–H groups in total. The van der Waals surface area contributed by atoms with E-state index >= 15 is 0 Å². The predicted molar refractivity (Wildman–Crippen MR) is 71.1 cm³/mol. The second-order valence-corrected chi connectivity index (χ2v) is 4.45. The van der Waals surface area contributed by atoms with Crippen molar-refractivity contribution in [3.8, 4) is 11.5 Å². The highest BCUT2D eigenvalue weighted by Crippen LogP contribution is 2.31. The average molecular weight is 257 g/mol. The van der Waals surface area contributed by atoms with Crippen LogP contribution in [0.4, 0.5) is 10.2 Å². The molecular formula is C14H12FN3O. The Morgan fingerprint density at radius 3 is 2.68 bits per heavy atom. The molecule has 0 aliphatic carbocycles. The number of rotatable bonds is 1. The zero-order valence-electron chi connectivity index (χ0n) is 10.6. The molecule has 2 heterocycles. The van der Waals surface area contributed by atoms with Crippen molar-refractivity contribution in [1.29, 1.82) is 0 Å². The summed E-state index contributed by atoms with van der Waals surface area (Å²) in [7, 11) is 0. The Bertz CT molecular complexity index is 780. The molecule has 0 aliphatic heterocycles. The average Bonchev–Trinajstić information content (AvgIpc) is 2.81. The predicted octanol–water partition coefficient (Wildman–Crippen LogP) is 3.23. The number of halogens is 1. The highest BCUT2D eigenvalue weighted by molar-refractivity contribution is 5.83. The van der Waals surface area contributed by atoms with Crippen LogP contribution in [0.15, 0.2) is 28.7 Å². The number of aromatic nitrogens is 2. The molecule has 0 aliphatic rings. The maximum Gasteiger partial charge on any atom is 0.170 e. The number of benzene rings is 1. The number of hydrogen-bond donors (Lipinski definition) is 1. The third-order valence-corrected chi connectivity index (χ3v) is 3.29. The fourth-order valence-electron chi connectivity index (χ4n) is 2.00. The molecule has 3 rings (SSSR count). The number of hydrogen-bond acceptors (Lipinski definition) is 4. The lowest BCUT2D eigenvalue weighted by Crippen LogP contribution is -2.01. The SMILES string of the molecule is Cc1c(N)nnc(-c2cc3cccc(F)c3o2)c1C. The minimum absolute atomic E-state index is 0.230. The van der Waals surface area contributed by atoms with Crippen LogP contribution < -0.4 is 5.73 Å². The van der Waals surface area contributed by atoms with E-state index in [4.69, 9.17) is 10.2 Å². The molecule has 3 aromatic rings. The van der Waals surface area contributed by atoms with Gasteiger partial charge >= 0.3 is 0 Å². The summed E-state index contributed by atoms with van der Waals surface area (Å²) in [5.41, 5.74) is 8.25. The number of nitrogens with zero attached hydrogens (tertiary/aromatic N) is 2. The Kier molecular flexibility index (Phi) is 2.48. The fourth-order valence-corrected chi connectivity index (χ4v) is 2.00. The molecule has 19 heavy (non-hydrogen) atoms. The molecule has 0 radical (unpaired) electrons. The Morgan fingerprint density at radius 2 is 1.95 bits per heavy atom. The molecule has 0 fully saturated rings. The van der Waals surface area contributed by atoms with E-state index in [9.17, 15) is 4.39 Å². The van der Waals surface area contributed by atoms with Gasteiger partial charge in [-0.1, -0.05) is 12.1 Å². The number of para-hydroxylation sites is 1. The second kappa shape index (κ2) is 4.05. The molecule has 0 saturated heterocycles. The van der Waals surface area contributed by atoms with Crippen molar-refractivity contribution >= 4 is 16.8 Å². The first-order valence-corrected chi connectivity index (χ1v) is 5.85. The van der Waals surface area contributed by atoms with E-state index in [0.717, 1.165) is 11.1 Å². The molecule has 0 unspecified atom stereocenters. The van der Waals surface area contributed by atoms with E-state index in [1.807, 2.05) is 13.8 Å². The van der Waals surface area contributed by atoms with Crippen LogP contribution in [0.3, 0.4) is 0 Å². The highest BCUT2D eigenvalue weighted by atomic mass is 19.1. The molecule has 4 nitrogen and oxygen atoms in total. The zero-order chi connectivity index (χ0) is 13.6. The molecule has 5 heteroatoms. The topological polar surface area (TPSA) is 64.9 Å². The van der Waals surface area contributed by atoms with Crippen LogP contribution in [0, 0.1) is 19.7 Å². The second-order valence-electron chi connectivity index (χ2n) is 4.45. The maximum atomic E-state index is 13.6. The van der Waals surface area contributed by atoms with Gasteiger partial charge in [-0.25, -0.2) is 4.39 Å². The van der Waals surface area contributed by atoms with Crippen LogP contribution in [-0.2, 0) is 0 Å². The number of nitrogens with two attached hydrogens (primary N) is 1. The minimum Gasteiger partial charge on any atom is -0.451 e. The molecule has 2 aromatic heterocycles. The molecule has 96 valence electrons. The van der Waals surface area contributed by atoms with Crippen LogP contribution in [-0.4, -0.2) is 10.2 Å². The van der Waals surface area contributed by atoms with Crippen molar-refractivity contribution in [3.05, 3.63) is 41.2 Å². The standard InChI is InChI=1S/C14H12FN3O/c1-7-8(2)14(16)18-17-12(7)11-6-9-4-3-5-10(15)13(9)19-11/h3-6H,1-2H3,(H2,16,18). The summed E-state index contributed by atoms with van der Waals surface area (Å²) in [4.78, 5) is 0. The first kappa shape index (κ1) is 11.6. The van der Waals surface area contributed by atoms with Gasteiger partial charge in [0.15, 0.2) is 17.2 Å². The smallest absolute Gasteiger partial charge is 0.170 e. The van der Waals surface area contributed by atoms with Crippen molar-refractivity contribution in [2.75, 3.05) is 5.73 Å². The van der Waals surface area contributed by atoms with E-state index in [1.165, 1.54) is 6.07 Å². The van der Waals surface area contributed by atoms with Crippen LogP contribution in [0.5, 0.6) is 0 Å². The van der Waals surface area contributed by atoms with Crippen LogP contribution >= 0.6 is 0 Å². The number of furan rings is 1. The monoisotopic (exact) mass is 257 g/mol. The Hall–Kier alpha value is -2.43. The van der Waals surface area contributed by atoms with Crippen molar-refractivity contribution < 1.29 is 8.81 Å². The summed E-state index contributed by atoms with van der Waals surface area (Å²) < 4.78 is 19.2. The van der Waals surface area contributed by atoms with Gasteiger partial charge < -0.3 is 10.2 Å². The summed E-state index contributed by atoms with van der Waals surface area (Å²) in [6, 6.07) is 6.55. The van der Waals surface area contributed by atoms with Crippen LogP contribution in [0.1, 0.15) is 11.1 Å². The molecular weight excluding hydrogens is 245 g/mol. The lowest BCUT2D eigenvalue weighted by molar-refractivity contribution is 0.566. The van der Waals surface area contributed by atoms with Gasteiger partial charge in [0, 0.05) is 5.39 Å². The zero-order valence-corrected chi connectivity index (χ0v) is 10.6. The number of anilines is 1. The van der Waals surface area contributed by atoms with Crippen LogP contribution in [0.25, 0.3) is 22.4 Å². The third-order valence-electron chi connectivity index (χ3n) is 3.29. The van der Waals surface area contributed by atoms with Crippen molar-refractivity contribution in [2.45, 2.75) is 13.8 Å². The Morgan fingerprint density at radius 1 is 1.16 bits per heavy atom. The summed E-state index contributed by atoms with van der Waals surface area (Å²) in [6.07, 6.45) is 0. The quantitative estimate of drug-likeness (QED) is 0.726. The van der Waals surface area contributed by atoms with Gasteiger partial charge in [-0.2, -0.15) is 0 Å². The molecule has 0 spiro atoms. The van der Waals surface area contributed by atoms with Crippen molar-refractivity contribution in [3.63, 3.8) is 0 Å². The Labute approximate surface area is 109 Å². The fraction of sp³-hybridized carbons (Fsp3) is 0.143. The van der Waals surface area contributed by atoms with Gasteiger partial charge in [0.1, 0.15) is 11.5 Å². The van der Waals surface area contributed by atoms with E-state index in [0.29, 0.717) is 22.7 Å². The van der Waals surface area contributed by atoms with Gasteiger partial charge in [-0.3, -0.25) is 0 Å². The van der Waals surface area contributed by atoms with E-state index in [-0.39, 0.29) is 11.4 Å². The lowest BCUT2D eigenvalue weighted by atomic mass is 10.1. The van der Waals surface area contributed by atoms with Crippen molar-refractivity contribution in [2.24, 2.45) is 0 Å². The molecule has 0 bridgehead atoms. The molecule has 0 saturated carbocycles. The van der Waals surface area contributed by atoms with E-state index in [1.54, 1.807) is 18.2 Å². The van der Waals surface area contributed by atoms with Gasteiger partial charge in [-0.15, -0.1) is 10.2 Å². The number of nitrogen functional groups attached to an aromatic ring is 1. The summed E-state index contributed by atoms with van der Waals surface area (Å²) in [5, 5.41) is 8.62. The maximum absolute atomic E-state index is 13.6. The summed E-state index contributed by atoms with van der Waals surface area (Å²) in [6.45, 7) is 3.76. The van der Waals surface area contributed by atoms with Gasteiger partial charge in [0.05, 0.1) is 0 Å². The van der Waals surface area contributed by atoms with Crippen molar-refractivity contribution in [1.82, 2.24) is 10.2 Å². The molecule has 1 aromatic carbocycles. The minimum atomic E-state index is -0.387. The molecule has 0 amide bonds. The van der Waals surface area contributed by atoms with Crippen LogP contribution in [0.2, 0.25) is 0 Å². The largest absolute Gasteiger partial charge is 0.451 e. The highest BCUT2D eigenvalue weighted by Gasteiger charge is 2.15. The van der Waals surface area contributed by atoms with Gasteiger partial charge in [0.2, 0.25) is 0 Å². The van der Waals surface area contributed by atoms with Gasteiger partial charge in [-0.05, 0) is 37.1 Å². The summed E-state index contributed by atoms with van der Waals surface area (Å²) in [5.74, 6) is 0.498. The normalized spacial score (nSPS) is 11.1. The molecule has 0 atom stereocenters. The lowest BCUT2D eigenvalue weighted by Gasteiger charge is -2.05. The first-order chi connectivity index (χ1) is 9.08. The van der Waals surface area contributed by atoms with E-state index < -0.39 is 0 Å². The van der Waals surface area contributed by atoms with E-state index in [2.05, 4.69) is 10.2 Å². The first-order valence-electron chi connectivity index (χ1n) is 5.85. The Balaban J connectivity index is 2.25.